The van der Waals surface area contributed by atoms with Crippen molar-refractivity contribution >= 4 is 63.9 Å². The largest absolute Gasteiger partial charge is 0.391 e. The van der Waals surface area contributed by atoms with Gasteiger partial charge in [0.25, 0.3) is 5.91 Å². The lowest BCUT2D eigenvalue weighted by atomic mass is 9.85. The number of hydrogen-bond acceptors (Lipinski definition) is 9. The van der Waals surface area contributed by atoms with Crippen LogP contribution in [-0.4, -0.2) is 87.3 Å². The minimum absolute atomic E-state index is 0.0590. The summed E-state index contributed by atoms with van der Waals surface area (Å²) in [6, 6.07) is 9.88. The molecule has 6 rings (SSSR count). The van der Waals surface area contributed by atoms with E-state index in [2.05, 4.69) is 36.6 Å². The van der Waals surface area contributed by atoms with Crippen LogP contribution in [-0.2, 0) is 30.5 Å². The van der Waals surface area contributed by atoms with Crippen LogP contribution in [0.3, 0.4) is 0 Å². The fraction of sp³-hybridized carbons (Fsp3) is 0.366. The highest BCUT2D eigenvalue weighted by Crippen LogP contribution is 2.35. The van der Waals surface area contributed by atoms with Gasteiger partial charge in [-0.3, -0.25) is 29.3 Å². The first kappa shape index (κ1) is 40.9. The molecule has 0 unspecified atom stereocenters. The molecule has 2 aromatic carbocycles. The number of nitrogens with one attached hydrogen (secondary N) is 6. The van der Waals surface area contributed by atoms with E-state index < -0.39 is 53.0 Å². The van der Waals surface area contributed by atoms with E-state index >= 15 is 0 Å². The van der Waals surface area contributed by atoms with Gasteiger partial charge in [0.05, 0.1) is 46.5 Å². The van der Waals surface area contributed by atoms with Crippen LogP contribution in [0.1, 0.15) is 61.0 Å². The molecule has 14 nitrogen and oxygen atoms in total. The number of H-pyrrole nitrogens is 1. The second kappa shape index (κ2) is 16.8. The second-order valence-corrected chi connectivity index (χ2v) is 16.3. The van der Waals surface area contributed by atoms with Gasteiger partial charge in [-0.25, -0.2) is 9.37 Å². The van der Waals surface area contributed by atoms with Crippen LogP contribution in [0.5, 0.6) is 0 Å². The summed E-state index contributed by atoms with van der Waals surface area (Å²) < 4.78 is 13.9. The summed E-state index contributed by atoms with van der Waals surface area (Å²) in [4.78, 5) is 76.0. The highest BCUT2D eigenvalue weighted by atomic mass is 32.1. The van der Waals surface area contributed by atoms with E-state index in [1.54, 1.807) is 57.5 Å². The Morgan fingerprint density at radius 1 is 1.07 bits per heavy atom. The van der Waals surface area contributed by atoms with E-state index in [0.29, 0.717) is 33.9 Å². The number of benzene rings is 2. The first-order chi connectivity index (χ1) is 27.0. The molecule has 0 bridgehead atoms. The maximum atomic E-state index is 14.0. The predicted molar refractivity (Wildman–Crippen MR) is 216 cm³/mol. The van der Waals surface area contributed by atoms with Crippen molar-refractivity contribution in [3.8, 4) is 10.4 Å². The summed E-state index contributed by atoms with van der Waals surface area (Å²) in [5, 5.41) is 24.6. The average molecular weight is 799 g/mol. The van der Waals surface area contributed by atoms with Crippen molar-refractivity contribution in [3.63, 3.8) is 0 Å². The number of aliphatic hydroxyl groups is 1. The molecule has 2 aliphatic heterocycles. The Bertz CT molecular complexity index is 2240. The lowest BCUT2D eigenvalue weighted by Crippen LogP contribution is -2.58. The zero-order valence-corrected chi connectivity index (χ0v) is 33.4. The predicted octanol–water partition coefficient (Wildman–Crippen LogP) is 4.03. The Labute approximate surface area is 333 Å². The lowest BCUT2D eigenvalue weighted by molar-refractivity contribution is -0.144. The van der Waals surface area contributed by atoms with Crippen LogP contribution in [0.25, 0.3) is 22.1 Å². The number of fused-ring (bicyclic) bond motifs is 1. The first-order valence-electron chi connectivity index (χ1n) is 18.6. The van der Waals surface area contributed by atoms with Crippen LogP contribution in [0, 0.1) is 32.0 Å². The van der Waals surface area contributed by atoms with E-state index in [-0.39, 0.29) is 44.1 Å². The molecule has 0 saturated carbocycles. The molecule has 1 saturated heterocycles. The number of carbonyl (C=O) groups excluding carboxylic acids is 5. The number of nitrogens with zero attached hydrogens (tertiary/aromatic N) is 2. The Balaban J connectivity index is 1.02. The average Bonchev–Trinajstić information content (AvgIpc) is 3.91. The SMILES string of the molecule is Cc1ncsc1-c1ccc(CNC(=O)[C@@H]2C[C@@H](O)CN2C(=O)[C@@H](NC(=O)CNCC(=O)Nc2c(C)[nH]c(/C=C3\C(=O)Nc4ccc(F)cc43)c2C)C(C)(C)C)cc1. The van der Waals surface area contributed by atoms with Gasteiger partial charge >= 0.3 is 0 Å². The summed E-state index contributed by atoms with van der Waals surface area (Å²) in [5.41, 5.74) is 7.47. The number of halogens is 1. The maximum absolute atomic E-state index is 14.0. The van der Waals surface area contributed by atoms with Gasteiger partial charge in [0.15, 0.2) is 0 Å². The smallest absolute Gasteiger partial charge is 0.256 e. The van der Waals surface area contributed by atoms with Gasteiger partial charge < -0.3 is 36.3 Å². The molecule has 1 fully saturated rings. The molecule has 16 heteroatoms. The standard InChI is InChI=1S/C41H47FN8O6S/c1-21-31(15-29-28-13-26(42)11-12-30(28)47-38(29)54)46-22(2)35(21)48-33(52)17-43-18-34(53)49-37(41(4,5)6)40(56)50-19-27(51)14-32(50)39(55)44-16-24-7-9-25(10-8-24)36-23(3)45-20-57-36/h7-13,15,20,27,32,37,43,46,51H,14,16-19H2,1-6H3,(H,44,55)(H,47,54)(H,48,52)(H,49,53)/b29-15-/t27-,32+,37-/m1/s1. The number of hydrogen-bond donors (Lipinski definition) is 7. The van der Waals surface area contributed by atoms with E-state index in [4.69, 9.17) is 0 Å². The molecule has 7 N–H and O–H groups in total. The molecule has 4 heterocycles. The van der Waals surface area contributed by atoms with Crippen LogP contribution in [0.15, 0.2) is 48.0 Å². The van der Waals surface area contributed by atoms with Crippen molar-refractivity contribution in [1.29, 1.82) is 0 Å². The van der Waals surface area contributed by atoms with Crippen LogP contribution < -0.4 is 26.6 Å². The second-order valence-electron chi connectivity index (χ2n) is 15.5. The summed E-state index contributed by atoms with van der Waals surface area (Å²) >= 11 is 1.56. The number of β-amino-alcohol motifs (C(OH)–C–C–N with tert-alkyl or cyclic N) is 1. The Hall–Kier alpha value is -5.71. The molecule has 5 amide bonds. The van der Waals surface area contributed by atoms with Crippen molar-refractivity contribution in [2.75, 3.05) is 30.3 Å². The topological polar surface area (TPSA) is 198 Å². The van der Waals surface area contributed by atoms with E-state index in [0.717, 1.165) is 21.7 Å². The quantitative estimate of drug-likeness (QED) is 0.104. The molecule has 0 aliphatic carbocycles. The van der Waals surface area contributed by atoms with Gasteiger partial charge in [-0.05, 0) is 67.2 Å². The Morgan fingerprint density at radius 2 is 1.79 bits per heavy atom. The van der Waals surface area contributed by atoms with Crippen molar-refractivity contribution < 1.29 is 33.5 Å². The highest BCUT2D eigenvalue weighted by molar-refractivity contribution is 7.13. The zero-order valence-electron chi connectivity index (χ0n) is 32.6. The minimum Gasteiger partial charge on any atom is -0.391 e. The number of aliphatic hydroxyl groups excluding tert-OH is 1. The third kappa shape index (κ3) is 9.30. The number of carbonyl (C=O) groups is 5. The molecule has 300 valence electrons. The Kier molecular flexibility index (Phi) is 12.1. The fourth-order valence-electron chi connectivity index (χ4n) is 7.02. The van der Waals surface area contributed by atoms with Crippen LogP contribution in [0.2, 0.25) is 0 Å². The molecule has 0 spiro atoms. The van der Waals surface area contributed by atoms with Gasteiger partial charge in [-0.1, -0.05) is 45.0 Å². The first-order valence-corrected chi connectivity index (χ1v) is 19.5. The number of likely N-dealkylation sites (tertiary alicyclic amines) is 1. The van der Waals surface area contributed by atoms with Gasteiger partial charge in [0, 0.05) is 42.1 Å². The monoisotopic (exact) mass is 798 g/mol. The number of amides is 5. The number of rotatable bonds is 12. The molecular weight excluding hydrogens is 752 g/mol. The lowest BCUT2D eigenvalue weighted by Gasteiger charge is -2.35. The third-order valence-corrected chi connectivity index (χ3v) is 11.1. The fourth-order valence-corrected chi connectivity index (χ4v) is 7.83. The molecule has 2 aliphatic rings. The van der Waals surface area contributed by atoms with Gasteiger partial charge in [0.1, 0.15) is 17.9 Å². The summed E-state index contributed by atoms with van der Waals surface area (Å²) in [5.74, 6) is -2.72. The Morgan fingerprint density at radius 3 is 2.47 bits per heavy atom. The number of aromatic amines is 1. The zero-order chi connectivity index (χ0) is 41.2. The van der Waals surface area contributed by atoms with Crippen molar-refractivity contribution in [3.05, 3.63) is 87.6 Å². The van der Waals surface area contributed by atoms with Crippen molar-refractivity contribution in [2.45, 2.75) is 72.7 Å². The molecular formula is C41H47FN8O6S. The van der Waals surface area contributed by atoms with Gasteiger partial charge in [-0.2, -0.15) is 0 Å². The van der Waals surface area contributed by atoms with Crippen molar-refractivity contribution in [1.82, 2.24) is 30.8 Å². The van der Waals surface area contributed by atoms with Crippen molar-refractivity contribution in [2.24, 2.45) is 5.41 Å². The third-order valence-electron chi connectivity index (χ3n) is 10.1. The normalized spacial score (nSPS) is 17.6. The van der Waals surface area contributed by atoms with E-state index in [1.165, 1.54) is 23.1 Å². The number of anilines is 2. The van der Waals surface area contributed by atoms with Crippen LogP contribution in [0.4, 0.5) is 15.8 Å². The van der Waals surface area contributed by atoms with Gasteiger partial charge in [0.2, 0.25) is 23.6 Å². The molecule has 4 aromatic rings. The van der Waals surface area contributed by atoms with Gasteiger partial charge in [-0.15, -0.1) is 11.3 Å². The minimum atomic E-state index is -1.04. The molecule has 0 radical (unpaired) electrons. The van der Waals surface area contributed by atoms with E-state index in [9.17, 15) is 33.5 Å². The summed E-state index contributed by atoms with van der Waals surface area (Å²) in [6.45, 7) is 10.5. The number of thiazole rings is 1. The number of aryl methyl sites for hydroxylation is 2. The molecule has 57 heavy (non-hydrogen) atoms. The highest BCUT2D eigenvalue weighted by Gasteiger charge is 2.44. The summed E-state index contributed by atoms with van der Waals surface area (Å²) in [7, 11) is 0. The summed E-state index contributed by atoms with van der Waals surface area (Å²) in [6.07, 6.45) is 0.758. The molecule has 3 atom stereocenters. The molecule has 2 aromatic heterocycles. The maximum Gasteiger partial charge on any atom is 0.256 e. The van der Waals surface area contributed by atoms with Crippen LogP contribution >= 0.6 is 11.3 Å². The van der Waals surface area contributed by atoms with E-state index in [1.807, 2.05) is 31.2 Å². The number of aromatic nitrogens is 2.